The van der Waals surface area contributed by atoms with Gasteiger partial charge >= 0.3 is 0 Å². The maximum absolute atomic E-state index is 5.55. The van der Waals surface area contributed by atoms with Crippen molar-refractivity contribution in [1.82, 2.24) is 15.2 Å². The lowest BCUT2D eigenvalue weighted by Gasteiger charge is -2.29. The van der Waals surface area contributed by atoms with Gasteiger partial charge in [-0.25, -0.2) is 5.84 Å². The minimum Gasteiger partial charge on any atom is -0.338 e. The minimum absolute atomic E-state index is 0.543. The van der Waals surface area contributed by atoms with Crippen molar-refractivity contribution in [3.05, 3.63) is 0 Å². The Morgan fingerprint density at radius 2 is 2.31 bits per heavy atom. The van der Waals surface area contributed by atoms with E-state index in [4.69, 9.17) is 5.84 Å². The summed E-state index contributed by atoms with van der Waals surface area (Å²) in [4.78, 5) is 9.01. The number of rotatable bonds is 4. The van der Waals surface area contributed by atoms with E-state index in [-0.39, 0.29) is 0 Å². The second kappa shape index (κ2) is 6.70. The first-order valence-corrected chi connectivity index (χ1v) is 6.11. The second-order valence-corrected chi connectivity index (χ2v) is 4.60. The van der Waals surface area contributed by atoms with Gasteiger partial charge < -0.3 is 9.80 Å². The maximum atomic E-state index is 5.55. The number of hydrazine groups is 1. The summed E-state index contributed by atoms with van der Waals surface area (Å²) in [5.74, 6) is 6.40. The number of likely N-dealkylation sites (tertiary alicyclic amines) is 1. The third-order valence-corrected chi connectivity index (χ3v) is 2.84. The number of likely N-dealkylation sites (N-methyl/N-ethyl adjacent to an activating group) is 1. The van der Waals surface area contributed by atoms with Gasteiger partial charge in [0.25, 0.3) is 0 Å². The zero-order valence-electron chi connectivity index (χ0n) is 10.7. The zero-order chi connectivity index (χ0) is 12.0. The number of aliphatic imine (C=N–C) groups is 1. The molecule has 1 rings (SSSR count). The summed E-state index contributed by atoms with van der Waals surface area (Å²) < 4.78 is 0. The Kier molecular flexibility index (Phi) is 5.55. The summed E-state index contributed by atoms with van der Waals surface area (Å²) in [6.45, 7) is 5.09. The van der Waals surface area contributed by atoms with Gasteiger partial charge in [0.15, 0.2) is 0 Å². The molecule has 1 aliphatic heterocycles. The molecule has 0 aromatic heterocycles. The highest BCUT2D eigenvalue weighted by Gasteiger charge is 2.27. The molecular formula is C11H25N5. The molecule has 1 unspecified atom stereocenters. The van der Waals surface area contributed by atoms with Crippen LogP contribution in [-0.4, -0.2) is 55.5 Å². The number of nitrogens with one attached hydrogen (secondary N) is 1. The van der Waals surface area contributed by atoms with E-state index >= 15 is 0 Å². The van der Waals surface area contributed by atoms with Gasteiger partial charge in [-0.15, -0.1) is 0 Å². The first-order valence-electron chi connectivity index (χ1n) is 6.11. The molecule has 0 bridgehead atoms. The average Bonchev–Trinajstić information content (AvgIpc) is 2.67. The normalized spacial score (nSPS) is 21.9. The first kappa shape index (κ1) is 13.3. The van der Waals surface area contributed by atoms with E-state index in [1.807, 2.05) is 0 Å². The summed E-state index contributed by atoms with van der Waals surface area (Å²) in [5.41, 5.74) is 2.74. The molecule has 0 saturated carbocycles. The van der Waals surface area contributed by atoms with E-state index in [1.165, 1.54) is 12.8 Å². The van der Waals surface area contributed by atoms with E-state index in [0.29, 0.717) is 6.04 Å². The molecule has 1 fully saturated rings. The van der Waals surface area contributed by atoms with Crippen molar-refractivity contribution < 1.29 is 0 Å². The van der Waals surface area contributed by atoms with Crippen molar-refractivity contribution in [1.29, 1.82) is 0 Å². The predicted octanol–water partition coefficient (Wildman–Crippen LogP) is 0.242. The highest BCUT2D eigenvalue weighted by atomic mass is 15.4. The molecule has 3 N–H and O–H groups in total. The van der Waals surface area contributed by atoms with Crippen LogP contribution < -0.4 is 11.3 Å². The van der Waals surface area contributed by atoms with Gasteiger partial charge in [0.1, 0.15) is 0 Å². The first-order chi connectivity index (χ1) is 7.69. The third kappa shape index (κ3) is 3.64. The van der Waals surface area contributed by atoms with Crippen molar-refractivity contribution in [2.24, 2.45) is 10.8 Å². The average molecular weight is 227 g/mol. The van der Waals surface area contributed by atoms with E-state index in [2.05, 4.69) is 41.2 Å². The van der Waals surface area contributed by atoms with Crippen molar-refractivity contribution in [3.8, 4) is 0 Å². The highest BCUT2D eigenvalue weighted by molar-refractivity contribution is 5.80. The van der Waals surface area contributed by atoms with Crippen LogP contribution in [0, 0.1) is 0 Å². The largest absolute Gasteiger partial charge is 0.338 e. The van der Waals surface area contributed by atoms with Crippen molar-refractivity contribution in [2.45, 2.75) is 32.2 Å². The van der Waals surface area contributed by atoms with Crippen LogP contribution in [0.3, 0.4) is 0 Å². The van der Waals surface area contributed by atoms with Crippen LogP contribution in [0.15, 0.2) is 4.99 Å². The minimum atomic E-state index is 0.543. The molecule has 0 aliphatic carbocycles. The second-order valence-electron chi connectivity index (χ2n) is 4.60. The molecule has 1 saturated heterocycles. The number of hydrogen-bond donors (Lipinski definition) is 2. The summed E-state index contributed by atoms with van der Waals surface area (Å²) in [5, 5.41) is 0. The van der Waals surface area contributed by atoms with Crippen molar-refractivity contribution >= 4 is 5.96 Å². The maximum Gasteiger partial charge on any atom is 0.208 e. The lowest BCUT2D eigenvalue weighted by Crippen LogP contribution is -2.49. The molecule has 0 aromatic carbocycles. The quantitative estimate of drug-likeness (QED) is 0.313. The molecule has 0 spiro atoms. The molecule has 94 valence electrons. The molecule has 16 heavy (non-hydrogen) atoms. The van der Waals surface area contributed by atoms with Gasteiger partial charge in [0, 0.05) is 25.7 Å². The van der Waals surface area contributed by atoms with Crippen LogP contribution in [0.2, 0.25) is 0 Å². The third-order valence-electron chi connectivity index (χ3n) is 2.84. The summed E-state index contributed by atoms with van der Waals surface area (Å²) in [6, 6.07) is 0.543. The van der Waals surface area contributed by atoms with Crippen LogP contribution >= 0.6 is 0 Å². The Labute approximate surface area is 98.7 Å². The molecule has 5 heteroatoms. The molecule has 1 heterocycles. The zero-order valence-corrected chi connectivity index (χ0v) is 10.7. The molecule has 0 amide bonds. The van der Waals surface area contributed by atoms with E-state index in [1.54, 1.807) is 0 Å². The Balaban J connectivity index is 2.60. The number of guanidine groups is 1. The SMILES string of the molecule is CCCN=C(NN)N1CCCC1CN(C)C. The molecule has 1 atom stereocenters. The standard InChI is InChI=1S/C11H25N5/c1-4-7-13-11(14-12)16-8-5-6-10(16)9-15(2)3/h10H,4-9,12H2,1-3H3,(H,13,14). The number of hydrogen-bond acceptors (Lipinski definition) is 3. The monoisotopic (exact) mass is 227 g/mol. The van der Waals surface area contributed by atoms with Gasteiger partial charge in [-0.05, 0) is 33.4 Å². The van der Waals surface area contributed by atoms with Gasteiger partial charge in [-0.2, -0.15) is 0 Å². The van der Waals surface area contributed by atoms with E-state index < -0.39 is 0 Å². The summed E-state index contributed by atoms with van der Waals surface area (Å²) in [6.07, 6.45) is 3.51. The van der Waals surface area contributed by atoms with Gasteiger partial charge in [-0.1, -0.05) is 6.92 Å². The van der Waals surface area contributed by atoms with Gasteiger partial charge in [-0.3, -0.25) is 10.4 Å². The van der Waals surface area contributed by atoms with Gasteiger partial charge in [0.2, 0.25) is 5.96 Å². The Morgan fingerprint density at radius 3 is 2.88 bits per heavy atom. The fraction of sp³-hybridized carbons (Fsp3) is 0.909. The predicted molar refractivity (Wildman–Crippen MR) is 68.2 cm³/mol. The number of nitrogens with two attached hydrogens (primary N) is 1. The topological polar surface area (TPSA) is 56.9 Å². The summed E-state index contributed by atoms with van der Waals surface area (Å²) >= 11 is 0. The summed E-state index contributed by atoms with van der Waals surface area (Å²) in [7, 11) is 4.21. The fourth-order valence-electron chi connectivity index (χ4n) is 2.16. The molecule has 5 nitrogen and oxygen atoms in total. The lowest BCUT2D eigenvalue weighted by molar-refractivity contribution is 0.280. The van der Waals surface area contributed by atoms with E-state index in [9.17, 15) is 0 Å². The number of nitrogens with zero attached hydrogens (tertiary/aromatic N) is 3. The van der Waals surface area contributed by atoms with Gasteiger partial charge in [0.05, 0.1) is 0 Å². The van der Waals surface area contributed by atoms with Crippen LogP contribution in [0.25, 0.3) is 0 Å². The Hall–Kier alpha value is -0.810. The molecule has 0 aromatic rings. The van der Waals surface area contributed by atoms with Crippen LogP contribution in [0.1, 0.15) is 26.2 Å². The van der Waals surface area contributed by atoms with Crippen molar-refractivity contribution in [3.63, 3.8) is 0 Å². The fourth-order valence-corrected chi connectivity index (χ4v) is 2.16. The van der Waals surface area contributed by atoms with Crippen LogP contribution in [-0.2, 0) is 0 Å². The van der Waals surface area contributed by atoms with E-state index in [0.717, 1.165) is 32.0 Å². The smallest absolute Gasteiger partial charge is 0.208 e. The lowest BCUT2D eigenvalue weighted by atomic mass is 10.2. The Bertz CT molecular complexity index is 226. The molecular weight excluding hydrogens is 202 g/mol. The highest BCUT2D eigenvalue weighted by Crippen LogP contribution is 2.17. The Morgan fingerprint density at radius 1 is 1.56 bits per heavy atom. The molecule has 0 radical (unpaired) electrons. The van der Waals surface area contributed by atoms with Crippen LogP contribution in [0.4, 0.5) is 0 Å². The van der Waals surface area contributed by atoms with Crippen molar-refractivity contribution in [2.75, 3.05) is 33.7 Å². The molecule has 1 aliphatic rings. The van der Waals surface area contributed by atoms with Crippen LogP contribution in [0.5, 0.6) is 0 Å².